The number of hydrogen-bond acceptors (Lipinski definition) is 6. The molecule has 0 amide bonds. The summed E-state index contributed by atoms with van der Waals surface area (Å²) in [6.45, 7) is 0.0208. The highest BCUT2D eigenvalue weighted by molar-refractivity contribution is 7.87. The molecule has 0 spiro atoms. The quantitative estimate of drug-likeness (QED) is 0.473. The Hall–Kier alpha value is -3.26. The van der Waals surface area contributed by atoms with Crippen molar-refractivity contribution >= 4 is 32.5 Å². The first kappa shape index (κ1) is 18.5. The molecule has 3 aromatic rings. The average molecular weight is 387 g/mol. The monoisotopic (exact) mass is 387 g/mol. The van der Waals surface area contributed by atoms with Crippen molar-refractivity contribution in [3.63, 3.8) is 0 Å². The van der Waals surface area contributed by atoms with E-state index in [1.807, 2.05) is 0 Å². The first-order chi connectivity index (χ1) is 12.8. The van der Waals surface area contributed by atoms with E-state index in [-0.39, 0.29) is 23.7 Å². The lowest BCUT2D eigenvalue weighted by atomic mass is 10.1. The molecule has 0 saturated heterocycles. The number of rotatable bonds is 7. The molecule has 0 heterocycles. The number of nitrogens with two attached hydrogens (primary N) is 1. The van der Waals surface area contributed by atoms with Crippen LogP contribution in [0, 0.1) is 0 Å². The molecule has 3 N–H and O–H groups in total. The topological polar surface area (TPSA) is 116 Å². The van der Waals surface area contributed by atoms with E-state index >= 15 is 0 Å². The van der Waals surface area contributed by atoms with Gasteiger partial charge in [-0.3, -0.25) is 4.79 Å². The number of aliphatic carboxylic acids is 1. The van der Waals surface area contributed by atoms with Crippen LogP contribution >= 0.6 is 0 Å². The van der Waals surface area contributed by atoms with Crippen molar-refractivity contribution in [2.45, 2.75) is 11.3 Å². The molecule has 0 aliphatic rings. The summed E-state index contributed by atoms with van der Waals surface area (Å²) in [6, 6.07) is 15.7. The van der Waals surface area contributed by atoms with Crippen LogP contribution in [0.5, 0.6) is 11.5 Å². The maximum absolute atomic E-state index is 12.7. The number of benzene rings is 3. The van der Waals surface area contributed by atoms with Crippen LogP contribution in [0.15, 0.2) is 65.6 Å². The summed E-state index contributed by atoms with van der Waals surface area (Å²) in [7, 11) is -4.05. The van der Waals surface area contributed by atoms with Crippen molar-refractivity contribution in [3.05, 3.63) is 60.7 Å². The van der Waals surface area contributed by atoms with Gasteiger partial charge in [0.25, 0.3) is 0 Å². The van der Waals surface area contributed by atoms with E-state index in [4.69, 9.17) is 19.8 Å². The van der Waals surface area contributed by atoms with Crippen molar-refractivity contribution in [1.82, 2.24) is 0 Å². The molecule has 0 unspecified atom stereocenters. The Kier molecular flexibility index (Phi) is 5.18. The molecule has 3 aromatic carbocycles. The predicted molar refractivity (Wildman–Crippen MR) is 100 cm³/mol. The van der Waals surface area contributed by atoms with E-state index in [9.17, 15) is 13.2 Å². The number of carboxylic acids is 1. The van der Waals surface area contributed by atoms with E-state index in [2.05, 4.69) is 0 Å². The Morgan fingerprint density at radius 2 is 1.70 bits per heavy atom. The fraction of sp³-hybridized carbons (Fsp3) is 0.105. The molecule has 27 heavy (non-hydrogen) atoms. The molecule has 0 atom stereocenters. The SMILES string of the molecule is Nc1ccc2c(S(=O)(=O)Oc3ccc(OCCC(=O)O)cc3)cccc2c1. The van der Waals surface area contributed by atoms with Crippen LogP contribution in [-0.4, -0.2) is 26.1 Å². The Balaban J connectivity index is 1.80. The lowest BCUT2D eigenvalue weighted by molar-refractivity contribution is -0.137. The Morgan fingerprint density at radius 3 is 2.41 bits per heavy atom. The Bertz CT molecular complexity index is 1080. The van der Waals surface area contributed by atoms with Gasteiger partial charge in [-0.15, -0.1) is 0 Å². The number of hydrogen-bond donors (Lipinski definition) is 2. The molecule has 0 saturated carbocycles. The zero-order valence-electron chi connectivity index (χ0n) is 14.2. The summed E-state index contributed by atoms with van der Waals surface area (Å²) in [4.78, 5) is 10.5. The fourth-order valence-electron chi connectivity index (χ4n) is 2.51. The van der Waals surface area contributed by atoms with E-state index in [0.29, 0.717) is 22.2 Å². The normalized spacial score (nSPS) is 11.3. The second kappa shape index (κ2) is 7.55. The molecular formula is C19H17NO6S. The predicted octanol–water partition coefficient (Wildman–Crippen LogP) is 3.04. The second-order valence-corrected chi connectivity index (χ2v) is 7.25. The summed E-state index contributed by atoms with van der Waals surface area (Å²) in [5.74, 6) is -0.424. The molecule has 8 heteroatoms. The lowest BCUT2D eigenvalue weighted by Gasteiger charge is -2.11. The molecule has 3 rings (SSSR count). The highest BCUT2D eigenvalue weighted by atomic mass is 32.2. The van der Waals surface area contributed by atoms with Crippen molar-refractivity contribution in [1.29, 1.82) is 0 Å². The number of ether oxygens (including phenoxy) is 1. The van der Waals surface area contributed by atoms with Crippen LogP contribution in [0.25, 0.3) is 10.8 Å². The van der Waals surface area contributed by atoms with Gasteiger partial charge in [0.1, 0.15) is 16.4 Å². The Morgan fingerprint density at radius 1 is 1.00 bits per heavy atom. The largest absolute Gasteiger partial charge is 0.493 e. The van der Waals surface area contributed by atoms with Gasteiger partial charge in [0, 0.05) is 11.1 Å². The van der Waals surface area contributed by atoms with Crippen LogP contribution in [0.2, 0.25) is 0 Å². The summed E-state index contributed by atoms with van der Waals surface area (Å²) in [5, 5.41) is 9.80. The molecule has 7 nitrogen and oxygen atoms in total. The van der Waals surface area contributed by atoms with Crippen LogP contribution in [0.4, 0.5) is 5.69 Å². The van der Waals surface area contributed by atoms with Crippen molar-refractivity contribution in [2.24, 2.45) is 0 Å². The fourth-order valence-corrected chi connectivity index (χ4v) is 3.66. The number of carbonyl (C=O) groups is 1. The molecule has 0 aliphatic carbocycles. The third-order valence-corrected chi connectivity index (χ3v) is 5.05. The first-order valence-electron chi connectivity index (χ1n) is 8.02. The zero-order chi connectivity index (χ0) is 19.4. The van der Waals surface area contributed by atoms with E-state index in [1.165, 1.54) is 30.3 Å². The minimum atomic E-state index is -4.05. The molecule has 0 radical (unpaired) electrons. The van der Waals surface area contributed by atoms with E-state index in [0.717, 1.165) is 0 Å². The first-order valence-corrected chi connectivity index (χ1v) is 9.43. The van der Waals surface area contributed by atoms with Crippen LogP contribution in [0.3, 0.4) is 0 Å². The van der Waals surface area contributed by atoms with Gasteiger partial charge in [0.15, 0.2) is 0 Å². The highest BCUT2D eigenvalue weighted by Crippen LogP contribution is 2.28. The third kappa shape index (κ3) is 4.48. The van der Waals surface area contributed by atoms with Gasteiger partial charge in [-0.05, 0) is 47.9 Å². The molecule has 0 aliphatic heterocycles. The number of nitrogen functional groups attached to an aromatic ring is 1. The summed E-state index contributed by atoms with van der Waals surface area (Å²) in [5.41, 5.74) is 6.29. The minimum absolute atomic E-state index is 0.0208. The molecule has 0 fully saturated rings. The van der Waals surface area contributed by atoms with Gasteiger partial charge in [0.2, 0.25) is 0 Å². The van der Waals surface area contributed by atoms with E-state index < -0.39 is 16.1 Å². The van der Waals surface area contributed by atoms with Gasteiger partial charge < -0.3 is 19.8 Å². The van der Waals surface area contributed by atoms with E-state index in [1.54, 1.807) is 30.3 Å². The number of carboxylic acid groups (broad SMARTS) is 1. The number of fused-ring (bicyclic) bond motifs is 1. The maximum Gasteiger partial charge on any atom is 0.339 e. The van der Waals surface area contributed by atoms with Gasteiger partial charge in [-0.2, -0.15) is 8.42 Å². The van der Waals surface area contributed by atoms with Gasteiger partial charge >= 0.3 is 16.1 Å². The average Bonchev–Trinajstić information content (AvgIpc) is 2.62. The molecule has 140 valence electrons. The highest BCUT2D eigenvalue weighted by Gasteiger charge is 2.19. The molecule has 0 aromatic heterocycles. The summed E-state index contributed by atoms with van der Waals surface area (Å²) >= 11 is 0. The van der Waals surface area contributed by atoms with Crippen molar-refractivity contribution < 1.29 is 27.2 Å². The summed E-state index contributed by atoms with van der Waals surface area (Å²) in [6.07, 6.45) is -0.127. The summed E-state index contributed by atoms with van der Waals surface area (Å²) < 4.78 is 35.8. The van der Waals surface area contributed by atoms with Gasteiger partial charge in [-0.1, -0.05) is 18.2 Å². The van der Waals surface area contributed by atoms with Gasteiger partial charge in [-0.25, -0.2) is 0 Å². The second-order valence-electron chi connectivity index (χ2n) is 5.74. The minimum Gasteiger partial charge on any atom is -0.493 e. The number of anilines is 1. The third-order valence-electron chi connectivity index (χ3n) is 3.75. The standard InChI is InChI=1S/C19H17NO6S/c20-14-4-9-17-13(12-14)2-1-3-18(17)27(23,24)26-16-7-5-15(6-8-16)25-11-10-19(21)22/h1-9,12H,10-11,20H2,(H,21,22). The Labute approximate surface area is 156 Å². The van der Waals surface area contributed by atoms with Crippen LogP contribution in [-0.2, 0) is 14.9 Å². The van der Waals surface area contributed by atoms with Crippen LogP contribution < -0.4 is 14.7 Å². The van der Waals surface area contributed by atoms with Gasteiger partial charge in [0.05, 0.1) is 13.0 Å². The maximum atomic E-state index is 12.7. The zero-order valence-corrected chi connectivity index (χ0v) is 15.0. The molecular weight excluding hydrogens is 370 g/mol. The lowest BCUT2D eigenvalue weighted by Crippen LogP contribution is -2.10. The smallest absolute Gasteiger partial charge is 0.339 e. The van der Waals surface area contributed by atoms with Crippen molar-refractivity contribution in [3.8, 4) is 11.5 Å². The van der Waals surface area contributed by atoms with Crippen molar-refractivity contribution in [2.75, 3.05) is 12.3 Å². The van der Waals surface area contributed by atoms with Crippen LogP contribution in [0.1, 0.15) is 6.42 Å². The molecule has 0 bridgehead atoms.